The van der Waals surface area contributed by atoms with Gasteiger partial charge in [-0.1, -0.05) is 44.2 Å². The predicted octanol–water partition coefficient (Wildman–Crippen LogP) is 2.73. The van der Waals surface area contributed by atoms with Crippen molar-refractivity contribution in [1.82, 2.24) is 9.80 Å². The topological polar surface area (TPSA) is 49.6 Å². The molecule has 1 aliphatic rings. The molecule has 2 atom stereocenters. The lowest BCUT2D eigenvalue weighted by Gasteiger charge is -2.32. The molecule has 0 aromatic heterocycles. The third-order valence-corrected chi connectivity index (χ3v) is 4.98. The third-order valence-electron chi connectivity index (χ3n) is 4.98. The summed E-state index contributed by atoms with van der Waals surface area (Å²) < 4.78 is 0. The highest BCUT2D eigenvalue weighted by atomic mass is 16.2. The molecule has 0 saturated carbocycles. The van der Waals surface area contributed by atoms with Crippen molar-refractivity contribution in [3.8, 4) is 0 Å². The van der Waals surface area contributed by atoms with Crippen molar-refractivity contribution in [2.24, 2.45) is 17.6 Å². The number of nitrogens with two attached hydrogens (primary N) is 1. The summed E-state index contributed by atoms with van der Waals surface area (Å²) in [5.41, 5.74) is 7.46. The Morgan fingerprint density at radius 3 is 2.50 bits per heavy atom. The van der Waals surface area contributed by atoms with E-state index in [-0.39, 0.29) is 17.9 Å². The second-order valence-electron chi connectivity index (χ2n) is 7.73. The zero-order chi connectivity index (χ0) is 17.7. The predicted molar refractivity (Wildman–Crippen MR) is 99.5 cm³/mol. The molecule has 1 saturated heterocycles. The molecule has 0 aliphatic carbocycles. The lowest BCUT2D eigenvalue weighted by Crippen LogP contribution is -2.50. The summed E-state index contributed by atoms with van der Waals surface area (Å²) in [5, 5.41) is 0. The van der Waals surface area contributed by atoms with Gasteiger partial charge in [-0.05, 0) is 44.2 Å². The van der Waals surface area contributed by atoms with Crippen LogP contribution in [0.5, 0.6) is 0 Å². The van der Waals surface area contributed by atoms with Gasteiger partial charge in [0.15, 0.2) is 0 Å². The number of likely N-dealkylation sites (tertiary alicyclic amines) is 1. The molecule has 0 radical (unpaired) electrons. The zero-order valence-electron chi connectivity index (χ0n) is 15.6. The highest BCUT2D eigenvalue weighted by Gasteiger charge is 2.30. The number of benzene rings is 1. The summed E-state index contributed by atoms with van der Waals surface area (Å²) in [6, 6.07) is 10.4. The molecule has 134 valence electrons. The van der Waals surface area contributed by atoms with E-state index in [4.69, 9.17) is 5.73 Å². The standard InChI is InChI=1S/C20H33N3O/c1-15(2)19(21)20(24)23(16(3)4)14-18-10-11-22(13-18)12-17-8-6-5-7-9-17/h5-9,15-16,18-19H,10-14,21H2,1-4H3. The number of carbonyl (C=O) groups is 1. The summed E-state index contributed by atoms with van der Waals surface area (Å²) in [5.74, 6) is 0.817. The minimum Gasteiger partial charge on any atom is -0.339 e. The monoisotopic (exact) mass is 331 g/mol. The van der Waals surface area contributed by atoms with Crippen molar-refractivity contribution in [2.45, 2.75) is 52.7 Å². The molecule has 2 N–H and O–H groups in total. The van der Waals surface area contributed by atoms with Crippen LogP contribution in [0.15, 0.2) is 30.3 Å². The first-order valence-corrected chi connectivity index (χ1v) is 9.20. The molecular formula is C20H33N3O. The highest BCUT2D eigenvalue weighted by molar-refractivity contribution is 5.82. The van der Waals surface area contributed by atoms with Crippen LogP contribution >= 0.6 is 0 Å². The van der Waals surface area contributed by atoms with Crippen molar-refractivity contribution in [2.75, 3.05) is 19.6 Å². The Kier molecular flexibility index (Phi) is 6.81. The Labute approximate surface area is 147 Å². The maximum Gasteiger partial charge on any atom is 0.239 e. The van der Waals surface area contributed by atoms with Gasteiger partial charge in [-0.25, -0.2) is 0 Å². The second kappa shape index (κ2) is 8.63. The SMILES string of the molecule is CC(C)C(N)C(=O)N(CC1CCN(Cc2ccccc2)C1)C(C)C. The average molecular weight is 332 g/mol. The largest absolute Gasteiger partial charge is 0.339 e. The number of nitrogens with zero attached hydrogens (tertiary/aromatic N) is 2. The molecule has 1 aromatic rings. The van der Waals surface area contributed by atoms with Crippen LogP contribution in [0, 0.1) is 11.8 Å². The van der Waals surface area contributed by atoms with E-state index in [1.165, 1.54) is 5.56 Å². The maximum absolute atomic E-state index is 12.7. The Morgan fingerprint density at radius 2 is 1.92 bits per heavy atom. The quantitative estimate of drug-likeness (QED) is 0.836. The summed E-state index contributed by atoms with van der Waals surface area (Å²) in [6.45, 7) is 12.2. The lowest BCUT2D eigenvalue weighted by atomic mass is 10.0. The molecule has 0 bridgehead atoms. The first-order valence-electron chi connectivity index (χ1n) is 9.20. The van der Waals surface area contributed by atoms with E-state index in [0.29, 0.717) is 5.92 Å². The van der Waals surface area contributed by atoms with E-state index in [0.717, 1.165) is 32.6 Å². The Bertz CT molecular complexity index is 515. The molecule has 0 spiro atoms. The van der Waals surface area contributed by atoms with Crippen molar-refractivity contribution in [3.63, 3.8) is 0 Å². The number of amides is 1. The van der Waals surface area contributed by atoms with Crippen LogP contribution in [0.4, 0.5) is 0 Å². The van der Waals surface area contributed by atoms with Gasteiger partial charge in [0.05, 0.1) is 6.04 Å². The number of carbonyl (C=O) groups excluding carboxylic acids is 1. The van der Waals surface area contributed by atoms with E-state index in [9.17, 15) is 4.79 Å². The van der Waals surface area contributed by atoms with Gasteiger partial charge < -0.3 is 10.6 Å². The van der Waals surface area contributed by atoms with Gasteiger partial charge in [-0.3, -0.25) is 9.69 Å². The third kappa shape index (κ3) is 5.05. The minimum absolute atomic E-state index is 0.0986. The average Bonchev–Trinajstić information content (AvgIpc) is 2.99. The molecule has 1 heterocycles. The van der Waals surface area contributed by atoms with Crippen molar-refractivity contribution < 1.29 is 4.79 Å². The molecule has 24 heavy (non-hydrogen) atoms. The molecule has 1 amide bonds. The van der Waals surface area contributed by atoms with Crippen LogP contribution in [0.1, 0.15) is 39.7 Å². The van der Waals surface area contributed by atoms with E-state index >= 15 is 0 Å². The fourth-order valence-electron chi connectivity index (χ4n) is 3.36. The van der Waals surface area contributed by atoms with Crippen LogP contribution in [-0.4, -0.2) is 47.4 Å². The molecule has 2 unspecified atom stereocenters. The van der Waals surface area contributed by atoms with Gasteiger partial charge in [-0.2, -0.15) is 0 Å². The van der Waals surface area contributed by atoms with Crippen LogP contribution in [0.3, 0.4) is 0 Å². The number of hydrogen-bond donors (Lipinski definition) is 1. The van der Waals surface area contributed by atoms with E-state index in [1.807, 2.05) is 18.7 Å². The highest BCUT2D eigenvalue weighted by Crippen LogP contribution is 2.21. The smallest absolute Gasteiger partial charge is 0.239 e. The maximum atomic E-state index is 12.7. The summed E-state index contributed by atoms with van der Waals surface area (Å²) in [7, 11) is 0. The molecule has 1 aliphatic heterocycles. The molecule has 2 rings (SSSR count). The fourth-order valence-corrected chi connectivity index (χ4v) is 3.36. The Balaban J connectivity index is 1.90. The van der Waals surface area contributed by atoms with Crippen LogP contribution in [0.25, 0.3) is 0 Å². The molecular weight excluding hydrogens is 298 g/mol. The minimum atomic E-state index is -0.394. The first-order chi connectivity index (χ1) is 11.4. The van der Waals surface area contributed by atoms with Gasteiger partial charge in [0.2, 0.25) is 5.91 Å². The van der Waals surface area contributed by atoms with Crippen molar-refractivity contribution in [3.05, 3.63) is 35.9 Å². The first kappa shape index (κ1) is 18.9. The molecule has 1 fully saturated rings. The normalized spacial score (nSPS) is 19.9. The van der Waals surface area contributed by atoms with E-state index in [2.05, 4.69) is 49.1 Å². The van der Waals surface area contributed by atoms with Crippen LogP contribution in [0.2, 0.25) is 0 Å². The zero-order valence-corrected chi connectivity index (χ0v) is 15.6. The molecule has 4 nitrogen and oxygen atoms in total. The van der Waals surface area contributed by atoms with Gasteiger partial charge >= 0.3 is 0 Å². The van der Waals surface area contributed by atoms with Gasteiger partial charge in [0.1, 0.15) is 0 Å². The molecule has 1 aromatic carbocycles. The van der Waals surface area contributed by atoms with Crippen molar-refractivity contribution in [1.29, 1.82) is 0 Å². The van der Waals surface area contributed by atoms with Crippen molar-refractivity contribution >= 4 is 5.91 Å². The summed E-state index contributed by atoms with van der Waals surface area (Å²) in [6.07, 6.45) is 1.15. The Morgan fingerprint density at radius 1 is 1.25 bits per heavy atom. The van der Waals surface area contributed by atoms with E-state index in [1.54, 1.807) is 0 Å². The van der Waals surface area contributed by atoms with Crippen LogP contribution < -0.4 is 5.73 Å². The van der Waals surface area contributed by atoms with Gasteiger partial charge in [0.25, 0.3) is 0 Å². The summed E-state index contributed by atoms with van der Waals surface area (Å²) >= 11 is 0. The Hall–Kier alpha value is -1.39. The number of hydrogen-bond acceptors (Lipinski definition) is 3. The fraction of sp³-hybridized carbons (Fsp3) is 0.650. The summed E-state index contributed by atoms with van der Waals surface area (Å²) in [4.78, 5) is 17.2. The second-order valence-corrected chi connectivity index (χ2v) is 7.73. The van der Waals surface area contributed by atoms with Gasteiger partial charge in [0, 0.05) is 25.7 Å². The molecule has 4 heteroatoms. The van der Waals surface area contributed by atoms with Gasteiger partial charge in [-0.15, -0.1) is 0 Å². The lowest BCUT2D eigenvalue weighted by molar-refractivity contribution is -0.136. The number of rotatable bonds is 7. The van der Waals surface area contributed by atoms with E-state index < -0.39 is 6.04 Å². The van der Waals surface area contributed by atoms with Crippen LogP contribution in [-0.2, 0) is 11.3 Å².